The Labute approximate surface area is 406 Å². The van der Waals surface area contributed by atoms with E-state index in [9.17, 15) is 24.3 Å². The van der Waals surface area contributed by atoms with Gasteiger partial charge in [-0.2, -0.15) is 9.97 Å². The van der Waals surface area contributed by atoms with Crippen LogP contribution in [0.1, 0.15) is 142 Å². The average molecular weight is 997 g/mol. The van der Waals surface area contributed by atoms with E-state index in [0.717, 1.165) is 5.56 Å². The molecular formula is C49H90FN5O9Si3. The summed E-state index contributed by atoms with van der Waals surface area (Å²) in [6, 6.07) is 9.60. The number of aliphatic hydroxyl groups is 1. The highest BCUT2D eigenvalue weighted by atomic mass is 28.4. The summed E-state index contributed by atoms with van der Waals surface area (Å²) in [5.41, 5.74) is 7.34. The number of hydrogen-bond acceptors (Lipinski definition) is 13. The van der Waals surface area contributed by atoms with Crippen molar-refractivity contribution in [1.29, 1.82) is 0 Å². The summed E-state index contributed by atoms with van der Waals surface area (Å²) in [5, 5.41) is 9.95. The Kier molecular flexibility index (Phi) is 26.3. The number of imidazole rings is 1. The minimum Gasteiger partial charge on any atom is -0.476 e. The monoisotopic (exact) mass is 996 g/mol. The number of halogens is 1. The molecule has 3 aromatic rings. The summed E-state index contributed by atoms with van der Waals surface area (Å²) in [4.78, 5) is 54.1. The van der Waals surface area contributed by atoms with Gasteiger partial charge in [-0.05, 0) is 67.0 Å². The van der Waals surface area contributed by atoms with Gasteiger partial charge in [0.1, 0.15) is 18.2 Å². The van der Waals surface area contributed by atoms with E-state index in [-0.39, 0.29) is 47.1 Å². The van der Waals surface area contributed by atoms with Crippen LogP contribution < -0.4 is 10.5 Å². The zero-order valence-corrected chi connectivity index (χ0v) is 48.0. The van der Waals surface area contributed by atoms with Gasteiger partial charge in [0.15, 0.2) is 31.4 Å². The second-order valence-electron chi connectivity index (χ2n) is 21.1. The summed E-state index contributed by atoms with van der Waals surface area (Å²) < 4.78 is 39.0. The third-order valence-corrected chi connectivity index (χ3v) is 28.5. The summed E-state index contributed by atoms with van der Waals surface area (Å²) in [7, 11) is -5.32. The lowest BCUT2D eigenvalue weighted by Gasteiger charge is -2.45. The van der Waals surface area contributed by atoms with E-state index in [1.165, 1.54) is 38.6 Å². The molecule has 1 fully saturated rings. The molecule has 14 nitrogen and oxygen atoms in total. The number of carbonyl (C=O) groups excluding carboxylic acids is 3. The fraction of sp³-hybridized carbons (Fsp3) is 0.714. The third-order valence-electron chi connectivity index (χ3n) is 13.0. The Morgan fingerprint density at radius 2 is 1.37 bits per heavy atom. The van der Waals surface area contributed by atoms with E-state index >= 15 is 4.39 Å². The van der Waals surface area contributed by atoms with Crippen molar-refractivity contribution in [3.63, 3.8) is 0 Å². The molecule has 1 aliphatic heterocycles. The molecule has 384 valence electrons. The topological polar surface area (TPSA) is 198 Å². The minimum atomic E-state index is -2.60. The van der Waals surface area contributed by atoms with Gasteiger partial charge in [-0.1, -0.05) is 133 Å². The van der Waals surface area contributed by atoms with Crippen LogP contribution in [0, 0.1) is 5.92 Å². The van der Waals surface area contributed by atoms with Crippen LogP contribution in [0.3, 0.4) is 0 Å². The molecule has 1 aliphatic rings. The van der Waals surface area contributed by atoms with E-state index in [2.05, 4.69) is 117 Å². The van der Waals surface area contributed by atoms with Gasteiger partial charge in [0, 0.05) is 33.8 Å². The quantitative estimate of drug-likeness (QED) is 0.0961. The van der Waals surface area contributed by atoms with E-state index in [4.69, 9.17) is 24.1 Å². The van der Waals surface area contributed by atoms with E-state index in [0.29, 0.717) is 53.3 Å². The number of Topliss-reactive ketones (excluding diaryl/α,β-unsaturated/α-hetero) is 2. The summed E-state index contributed by atoms with van der Waals surface area (Å²) >= 11 is 0. The number of hydrogen-bond donors (Lipinski definition) is 3. The second-order valence-corrected chi connectivity index (χ2v) is 36.4. The molecule has 4 atom stereocenters. The molecule has 3 heterocycles. The lowest BCUT2D eigenvalue weighted by atomic mass is 9.90. The fourth-order valence-electron chi connectivity index (χ4n) is 6.13. The van der Waals surface area contributed by atoms with Crippen molar-refractivity contribution in [2.75, 3.05) is 18.9 Å². The van der Waals surface area contributed by atoms with Crippen LogP contribution >= 0.6 is 0 Å². The van der Waals surface area contributed by atoms with Crippen molar-refractivity contribution in [2.45, 2.75) is 209 Å². The minimum absolute atomic E-state index is 0.00742. The first-order valence-corrected chi connectivity index (χ1v) is 31.8. The number of carbonyl (C=O) groups is 3. The number of benzene rings is 1. The number of esters is 1. The Morgan fingerprint density at radius 3 is 1.73 bits per heavy atom. The molecule has 0 amide bonds. The Hall–Kier alpha value is -3.40. The van der Waals surface area contributed by atoms with Crippen molar-refractivity contribution in [3.8, 4) is 5.88 Å². The van der Waals surface area contributed by atoms with Crippen LogP contribution in [0.2, 0.25) is 53.4 Å². The van der Waals surface area contributed by atoms with Gasteiger partial charge < -0.3 is 43.6 Å². The van der Waals surface area contributed by atoms with E-state index in [1.807, 2.05) is 37.3 Å². The first-order valence-electron chi connectivity index (χ1n) is 23.7. The van der Waals surface area contributed by atoms with Crippen LogP contribution in [0.15, 0.2) is 36.7 Å². The summed E-state index contributed by atoms with van der Waals surface area (Å²) in [5.74, 6) is -0.304. The molecule has 1 aromatic carbocycles. The summed E-state index contributed by atoms with van der Waals surface area (Å²) in [6.07, 6.45) is 0.655. The van der Waals surface area contributed by atoms with Gasteiger partial charge in [-0.25, -0.2) is 9.37 Å². The normalized spacial score (nSPS) is 18.5. The average Bonchev–Trinajstić information content (AvgIpc) is 3.72. The number of fused-ring (bicyclic) bond motifs is 1. The first kappa shape index (κ1) is 63.6. The Morgan fingerprint density at radius 1 is 0.896 bits per heavy atom. The fourth-order valence-corrected chi connectivity index (χ4v) is 15.4. The number of nitrogens with two attached hydrogens (primary N) is 1. The highest BCUT2D eigenvalue weighted by Crippen LogP contribution is 2.46. The molecule has 0 spiro atoms. The molecule has 0 radical (unpaired) electrons. The third kappa shape index (κ3) is 19.9. The molecule has 4 rings (SSSR count). The number of rotatable bonds is 15. The van der Waals surface area contributed by atoms with E-state index < -0.39 is 48.9 Å². The van der Waals surface area contributed by atoms with Gasteiger partial charge in [0.2, 0.25) is 11.8 Å². The van der Waals surface area contributed by atoms with Gasteiger partial charge in [-0.3, -0.25) is 9.36 Å². The van der Waals surface area contributed by atoms with Crippen molar-refractivity contribution in [1.82, 2.24) is 19.5 Å². The maximum Gasteiger partial charge on any atom is 0.330 e. The number of ketones is 2. The standard InChI is InChI=1S/C14H20FN5O3.C13H32O2Si2.C9H10O2.C7H18Si.C6H10O2/c1-4-22-11-9-10(18-13(16)19-11)20(6-17-9)12-14(3,15)7(2)8(5-21)23-12;1-10(2)16(9,11(3)4)15-17(14,12(5)6)13(7)8;1-8(10)11-7-9-5-3-2-4-6-9;1-7(2,3)8(4,5)6;1-5(7)3-4-6(2)8/h6-8,12,21H,4-5H2,1-3H3,(H2,16,18,19);10-14H,1-9H3;2-6H,7H2,1H3;1-6H3;3-4H2,1-2H3/t7-,8-,12-,14-;;;;/m1..../s1. The zero-order chi connectivity index (χ0) is 52.5. The largest absolute Gasteiger partial charge is 0.476 e. The van der Waals surface area contributed by atoms with Crippen LogP contribution in [0.5, 0.6) is 5.88 Å². The summed E-state index contributed by atoms with van der Waals surface area (Å²) in [6.45, 7) is 43.7. The maximum atomic E-state index is 15.2. The van der Waals surface area contributed by atoms with Crippen LogP contribution in [-0.2, 0) is 34.6 Å². The smallest absolute Gasteiger partial charge is 0.330 e. The van der Waals surface area contributed by atoms with Gasteiger partial charge in [0.25, 0.3) is 0 Å². The molecule has 0 bridgehead atoms. The lowest BCUT2D eigenvalue weighted by Crippen LogP contribution is -2.56. The number of nitrogen functional groups attached to an aromatic ring is 1. The molecule has 0 saturated carbocycles. The molecular weight excluding hydrogens is 906 g/mol. The highest BCUT2D eigenvalue weighted by Gasteiger charge is 2.53. The van der Waals surface area contributed by atoms with Crippen LogP contribution in [-0.4, -0.2) is 96.9 Å². The van der Waals surface area contributed by atoms with Crippen LogP contribution in [0.4, 0.5) is 10.3 Å². The van der Waals surface area contributed by atoms with Gasteiger partial charge >= 0.3 is 14.5 Å². The maximum absolute atomic E-state index is 15.2. The Bertz CT molecular complexity index is 1890. The molecule has 1 saturated heterocycles. The number of nitrogens with zero attached hydrogens (tertiary/aromatic N) is 4. The number of aliphatic hydroxyl groups excluding tert-OH is 1. The zero-order valence-electron chi connectivity index (χ0n) is 45.0. The molecule has 4 N–H and O–H groups in total. The van der Waals surface area contributed by atoms with Crippen LogP contribution in [0.25, 0.3) is 11.2 Å². The number of aromatic nitrogens is 4. The van der Waals surface area contributed by atoms with Crippen molar-refractivity contribution < 1.29 is 47.0 Å². The van der Waals surface area contributed by atoms with E-state index in [1.54, 1.807) is 6.92 Å². The predicted molar refractivity (Wildman–Crippen MR) is 277 cm³/mol. The molecule has 18 heteroatoms. The predicted octanol–water partition coefficient (Wildman–Crippen LogP) is 11.5. The van der Waals surface area contributed by atoms with Crippen molar-refractivity contribution in [3.05, 3.63) is 42.2 Å². The first-order chi connectivity index (χ1) is 30.5. The van der Waals surface area contributed by atoms with Gasteiger partial charge in [0.05, 0.1) is 25.6 Å². The lowest BCUT2D eigenvalue weighted by molar-refractivity contribution is -0.142. The number of anilines is 1. The molecule has 0 unspecified atom stereocenters. The number of alkyl halides is 1. The van der Waals surface area contributed by atoms with Crippen molar-refractivity contribution in [2.24, 2.45) is 5.92 Å². The molecule has 67 heavy (non-hydrogen) atoms. The highest BCUT2D eigenvalue weighted by molar-refractivity contribution is 6.85. The van der Waals surface area contributed by atoms with Gasteiger partial charge in [-0.15, -0.1) is 0 Å². The number of ether oxygens (including phenoxy) is 3. The van der Waals surface area contributed by atoms with Crippen molar-refractivity contribution >= 4 is 59.6 Å². The SMILES string of the molecule is CC(=O)CCC(C)=O.CC(=O)OCc1ccccc1.CC(C)(C)[Si](C)(C)C.CC(C)[Si](C)(O[Si](O)(C(C)C)C(C)C)C(C)C.CCOc1nc(N)nc2c1ncn2[C@@H]1O[C@H](CO)[C@@H](C)[C@@]1(C)F. The molecule has 2 aromatic heterocycles. The molecule has 0 aliphatic carbocycles. The Balaban J connectivity index is 0.000000872. The second kappa shape index (κ2) is 27.7.